The molecule has 7 heteroatoms. The summed E-state index contributed by atoms with van der Waals surface area (Å²) in [5, 5.41) is 12.1. The van der Waals surface area contributed by atoms with E-state index in [1.807, 2.05) is 6.26 Å². The van der Waals surface area contributed by atoms with E-state index in [-0.39, 0.29) is 23.4 Å². The highest BCUT2D eigenvalue weighted by molar-refractivity contribution is 7.98. The summed E-state index contributed by atoms with van der Waals surface area (Å²) in [7, 11) is 0. The Morgan fingerprint density at radius 1 is 1.35 bits per heavy atom. The summed E-state index contributed by atoms with van der Waals surface area (Å²) >= 11 is 13.4. The van der Waals surface area contributed by atoms with Gasteiger partial charge in [-0.2, -0.15) is 0 Å². The average Bonchev–Trinajstić information content (AvgIpc) is 2.36. The topological polar surface area (TPSA) is 66.4 Å². The van der Waals surface area contributed by atoms with E-state index in [0.717, 1.165) is 4.90 Å². The van der Waals surface area contributed by atoms with E-state index in [4.69, 9.17) is 28.3 Å². The highest BCUT2D eigenvalue weighted by Gasteiger charge is 2.16. The third-order valence-corrected chi connectivity index (χ3v) is 4.17. The third kappa shape index (κ3) is 4.89. The van der Waals surface area contributed by atoms with Gasteiger partial charge in [0.15, 0.2) is 0 Å². The quantitative estimate of drug-likeness (QED) is 0.778. The summed E-state index contributed by atoms with van der Waals surface area (Å²) < 4.78 is 0. The molecular formula is C13H15Cl2NO3S. The van der Waals surface area contributed by atoms with Gasteiger partial charge >= 0.3 is 5.97 Å². The monoisotopic (exact) mass is 335 g/mol. The Hall–Kier alpha value is -0.910. The number of aliphatic carboxylic acids is 1. The zero-order valence-corrected chi connectivity index (χ0v) is 13.4. The summed E-state index contributed by atoms with van der Waals surface area (Å²) in [6.45, 7) is 1.75. The molecule has 0 saturated heterocycles. The van der Waals surface area contributed by atoms with E-state index in [1.165, 1.54) is 17.8 Å². The zero-order valence-electron chi connectivity index (χ0n) is 11.1. The van der Waals surface area contributed by atoms with Crippen molar-refractivity contribution in [2.45, 2.75) is 30.7 Å². The van der Waals surface area contributed by atoms with Crippen LogP contribution in [0.25, 0.3) is 0 Å². The van der Waals surface area contributed by atoms with Gasteiger partial charge in [0.05, 0.1) is 15.6 Å². The van der Waals surface area contributed by atoms with Crippen molar-refractivity contribution in [3.05, 3.63) is 27.7 Å². The second-order valence-electron chi connectivity index (χ2n) is 4.27. The minimum absolute atomic E-state index is 0.00581. The van der Waals surface area contributed by atoms with Crippen LogP contribution in [-0.2, 0) is 4.79 Å². The van der Waals surface area contributed by atoms with Crippen molar-refractivity contribution in [2.75, 3.05) is 6.26 Å². The molecule has 0 spiro atoms. The van der Waals surface area contributed by atoms with Crippen LogP contribution in [0, 0.1) is 0 Å². The van der Waals surface area contributed by atoms with Gasteiger partial charge in [-0.3, -0.25) is 9.59 Å². The molecule has 20 heavy (non-hydrogen) atoms. The van der Waals surface area contributed by atoms with Crippen LogP contribution >= 0.6 is 35.0 Å². The number of carbonyl (C=O) groups excluding carboxylic acids is 1. The summed E-state index contributed by atoms with van der Waals surface area (Å²) in [5.74, 6) is -1.22. The van der Waals surface area contributed by atoms with Crippen molar-refractivity contribution in [2.24, 2.45) is 0 Å². The zero-order chi connectivity index (χ0) is 15.3. The molecule has 0 bridgehead atoms. The van der Waals surface area contributed by atoms with Crippen molar-refractivity contribution in [1.82, 2.24) is 5.32 Å². The molecule has 0 saturated carbocycles. The fourth-order valence-electron chi connectivity index (χ4n) is 1.57. The number of carbonyl (C=O) groups is 2. The number of thioether (sulfide) groups is 1. The number of carboxylic acids is 1. The lowest BCUT2D eigenvalue weighted by Gasteiger charge is -2.14. The van der Waals surface area contributed by atoms with Crippen molar-refractivity contribution in [3.63, 3.8) is 0 Å². The normalized spacial score (nSPS) is 12.0. The van der Waals surface area contributed by atoms with Gasteiger partial charge in [0, 0.05) is 17.4 Å². The Balaban J connectivity index is 2.79. The Labute approximate surface area is 131 Å². The number of benzene rings is 1. The second kappa shape index (κ2) is 7.76. The number of hydrogen-bond donors (Lipinski definition) is 2. The van der Waals surface area contributed by atoms with E-state index < -0.39 is 5.97 Å². The lowest BCUT2D eigenvalue weighted by atomic mass is 10.1. The molecule has 0 aliphatic heterocycles. The van der Waals surface area contributed by atoms with Crippen LogP contribution in [0.4, 0.5) is 0 Å². The molecule has 1 aromatic rings. The SMILES string of the molecule is CSc1cc(C(=O)NC(C)CCC(=O)O)c(Cl)cc1Cl. The molecule has 0 radical (unpaired) electrons. The summed E-state index contributed by atoms with van der Waals surface area (Å²) in [6.07, 6.45) is 2.22. The lowest BCUT2D eigenvalue weighted by molar-refractivity contribution is -0.137. The average molecular weight is 336 g/mol. The highest BCUT2D eigenvalue weighted by Crippen LogP contribution is 2.31. The fourth-order valence-corrected chi connectivity index (χ4v) is 2.76. The van der Waals surface area contributed by atoms with Gasteiger partial charge in [-0.1, -0.05) is 23.2 Å². The molecule has 1 atom stereocenters. The van der Waals surface area contributed by atoms with E-state index in [0.29, 0.717) is 17.0 Å². The minimum Gasteiger partial charge on any atom is -0.481 e. The molecule has 0 aromatic heterocycles. The third-order valence-electron chi connectivity index (χ3n) is 2.65. The highest BCUT2D eigenvalue weighted by atomic mass is 35.5. The standard InChI is InChI=1S/C13H15Cl2NO3S/c1-7(3-4-12(17)18)16-13(19)8-5-11(20-2)10(15)6-9(8)14/h5-7H,3-4H2,1-2H3,(H,16,19)(H,17,18). The second-order valence-corrected chi connectivity index (χ2v) is 5.94. The molecule has 1 unspecified atom stereocenters. The van der Waals surface area contributed by atoms with Crippen molar-refractivity contribution in [3.8, 4) is 0 Å². The summed E-state index contributed by atoms with van der Waals surface area (Å²) in [6, 6.07) is 2.92. The Morgan fingerprint density at radius 3 is 2.55 bits per heavy atom. The number of hydrogen-bond acceptors (Lipinski definition) is 3. The van der Waals surface area contributed by atoms with Crippen molar-refractivity contribution in [1.29, 1.82) is 0 Å². The molecule has 0 heterocycles. The van der Waals surface area contributed by atoms with Gasteiger partial charge in [-0.05, 0) is 31.7 Å². The molecule has 110 valence electrons. The van der Waals surface area contributed by atoms with Crippen LogP contribution in [0.15, 0.2) is 17.0 Å². The molecule has 0 aliphatic carbocycles. The van der Waals surface area contributed by atoms with Crippen molar-refractivity contribution >= 4 is 46.8 Å². The number of rotatable bonds is 6. The number of carboxylic acid groups (broad SMARTS) is 1. The predicted molar refractivity (Wildman–Crippen MR) is 82.0 cm³/mol. The van der Waals surface area contributed by atoms with E-state index in [2.05, 4.69) is 5.32 Å². The summed E-state index contributed by atoms with van der Waals surface area (Å²) in [5.41, 5.74) is 0.336. The van der Waals surface area contributed by atoms with Gasteiger partial charge in [-0.15, -0.1) is 11.8 Å². The first-order valence-corrected chi connectivity index (χ1v) is 7.89. The number of amides is 1. The maximum absolute atomic E-state index is 12.1. The first kappa shape index (κ1) is 17.1. The predicted octanol–water partition coefficient (Wildman–Crippen LogP) is 3.70. The van der Waals surface area contributed by atoms with Gasteiger partial charge in [-0.25, -0.2) is 0 Å². The van der Waals surface area contributed by atoms with Gasteiger partial charge in [0.1, 0.15) is 0 Å². The summed E-state index contributed by atoms with van der Waals surface area (Å²) in [4.78, 5) is 23.4. The van der Waals surface area contributed by atoms with Gasteiger partial charge in [0.2, 0.25) is 0 Å². The van der Waals surface area contributed by atoms with Crippen LogP contribution in [0.1, 0.15) is 30.1 Å². The van der Waals surface area contributed by atoms with Crippen LogP contribution < -0.4 is 5.32 Å². The van der Waals surface area contributed by atoms with Crippen LogP contribution in [0.5, 0.6) is 0 Å². The van der Waals surface area contributed by atoms with E-state index in [9.17, 15) is 9.59 Å². The van der Waals surface area contributed by atoms with E-state index in [1.54, 1.807) is 13.0 Å². The van der Waals surface area contributed by atoms with Crippen LogP contribution in [0.2, 0.25) is 10.0 Å². The Kier molecular flexibility index (Phi) is 6.65. The molecular weight excluding hydrogens is 321 g/mol. The first-order chi connectivity index (χ1) is 9.35. The molecule has 1 rings (SSSR count). The molecule has 0 fully saturated rings. The lowest BCUT2D eigenvalue weighted by Crippen LogP contribution is -2.33. The van der Waals surface area contributed by atoms with Gasteiger partial charge in [0.25, 0.3) is 5.91 Å². The largest absolute Gasteiger partial charge is 0.481 e. The van der Waals surface area contributed by atoms with Crippen LogP contribution in [0.3, 0.4) is 0 Å². The molecule has 2 N–H and O–H groups in total. The van der Waals surface area contributed by atoms with Crippen LogP contribution in [-0.4, -0.2) is 29.3 Å². The molecule has 0 aliphatic rings. The molecule has 4 nitrogen and oxygen atoms in total. The molecule has 1 aromatic carbocycles. The molecule has 1 amide bonds. The smallest absolute Gasteiger partial charge is 0.303 e. The Morgan fingerprint density at radius 2 is 2.00 bits per heavy atom. The number of nitrogens with one attached hydrogen (secondary N) is 1. The van der Waals surface area contributed by atoms with Gasteiger partial charge < -0.3 is 10.4 Å². The fraction of sp³-hybridized carbons (Fsp3) is 0.385. The van der Waals surface area contributed by atoms with E-state index >= 15 is 0 Å². The minimum atomic E-state index is -0.889. The number of halogens is 2. The Bertz CT molecular complexity index is 523. The van der Waals surface area contributed by atoms with Crippen molar-refractivity contribution < 1.29 is 14.7 Å². The maximum Gasteiger partial charge on any atom is 0.303 e. The first-order valence-electron chi connectivity index (χ1n) is 5.90. The maximum atomic E-state index is 12.1.